The summed E-state index contributed by atoms with van der Waals surface area (Å²) >= 11 is 0. The molecule has 5 atom stereocenters. The largest absolute Gasteiger partial charge is 0.481 e. The van der Waals surface area contributed by atoms with Crippen molar-refractivity contribution in [3.8, 4) is 0 Å². The molecule has 2 aliphatic carbocycles. The van der Waals surface area contributed by atoms with E-state index in [1.54, 1.807) is 6.92 Å². The van der Waals surface area contributed by atoms with Crippen LogP contribution in [0, 0.1) is 17.3 Å². The van der Waals surface area contributed by atoms with Crippen molar-refractivity contribution >= 4 is 28.4 Å². The molecule has 0 radical (unpaired) electrons. The van der Waals surface area contributed by atoms with Crippen LogP contribution in [-0.4, -0.2) is 33.4 Å². The third kappa shape index (κ3) is 1.77. The van der Waals surface area contributed by atoms with Crippen molar-refractivity contribution in [3.63, 3.8) is 0 Å². The molecule has 1 fully saturated rings. The number of nitrogens with zero attached hydrogens (tertiary/aromatic N) is 1. The SMILES string of the molecule is CC1=N[C@@]2(C)CC3Cc4c(ccc5ccccc45)C(C2C(=O)O)[C@]13C(=O)O. The fourth-order valence-electron chi connectivity index (χ4n) is 6.42. The number of benzene rings is 2. The van der Waals surface area contributed by atoms with Crippen LogP contribution in [0.1, 0.15) is 37.3 Å². The van der Waals surface area contributed by atoms with Gasteiger partial charge in [-0.1, -0.05) is 36.4 Å². The van der Waals surface area contributed by atoms with E-state index >= 15 is 0 Å². The van der Waals surface area contributed by atoms with Crippen LogP contribution in [0.3, 0.4) is 0 Å². The molecule has 4 aliphatic rings. The number of fused-ring (bicyclic) bond motifs is 3. The Morgan fingerprint density at radius 2 is 1.89 bits per heavy atom. The zero-order chi connectivity index (χ0) is 19.1. The number of hydrogen-bond donors (Lipinski definition) is 2. The minimum Gasteiger partial charge on any atom is -0.481 e. The Kier molecular flexibility index (Phi) is 3.03. The van der Waals surface area contributed by atoms with Crippen molar-refractivity contribution in [1.29, 1.82) is 0 Å². The molecule has 0 spiro atoms. The second-order valence-electron chi connectivity index (χ2n) is 8.48. The molecule has 4 bridgehead atoms. The van der Waals surface area contributed by atoms with Gasteiger partial charge in [0.1, 0.15) is 5.41 Å². The van der Waals surface area contributed by atoms with Gasteiger partial charge in [0.05, 0.1) is 11.5 Å². The Hall–Kier alpha value is -2.69. The highest BCUT2D eigenvalue weighted by Crippen LogP contribution is 2.66. The zero-order valence-electron chi connectivity index (χ0n) is 15.3. The molecule has 27 heavy (non-hydrogen) atoms. The van der Waals surface area contributed by atoms with Crippen molar-refractivity contribution in [3.05, 3.63) is 47.5 Å². The number of rotatable bonds is 2. The highest BCUT2D eigenvalue weighted by atomic mass is 16.4. The lowest BCUT2D eigenvalue weighted by Crippen LogP contribution is -2.68. The van der Waals surface area contributed by atoms with Crippen molar-refractivity contribution in [2.24, 2.45) is 22.2 Å². The van der Waals surface area contributed by atoms with Crippen LogP contribution in [-0.2, 0) is 16.0 Å². The fraction of sp³-hybridized carbons (Fsp3) is 0.409. The van der Waals surface area contributed by atoms with E-state index in [9.17, 15) is 19.8 Å². The van der Waals surface area contributed by atoms with Crippen LogP contribution in [0.2, 0.25) is 0 Å². The maximum atomic E-state index is 12.6. The molecule has 2 N–H and O–H groups in total. The van der Waals surface area contributed by atoms with Crippen LogP contribution < -0.4 is 0 Å². The topological polar surface area (TPSA) is 87.0 Å². The van der Waals surface area contributed by atoms with Gasteiger partial charge in [-0.3, -0.25) is 14.6 Å². The molecule has 5 heteroatoms. The van der Waals surface area contributed by atoms with Gasteiger partial charge in [0.2, 0.25) is 0 Å². The average Bonchev–Trinajstić information content (AvgIpc) is 2.59. The summed E-state index contributed by atoms with van der Waals surface area (Å²) in [7, 11) is 0. The first kappa shape index (κ1) is 16.5. The Balaban J connectivity index is 1.89. The van der Waals surface area contributed by atoms with Crippen LogP contribution in [0.25, 0.3) is 10.8 Å². The number of carboxylic acid groups (broad SMARTS) is 2. The molecule has 2 aromatic carbocycles. The van der Waals surface area contributed by atoms with Crippen molar-refractivity contribution in [2.45, 2.75) is 38.1 Å². The second-order valence-corrected chi connectivity index (χ2v) is 8.48. The average molecular weight is 363 g/mol. The molecule has 2 aromatic rings. The summed E-state index contributed by atoms with van der Waals surface area (Å²) in [5.74, 6) is -3.47. The highest BCUT2D eigenvalue weighted by Gasteiger charge is 2.71. The first-order chi connectivity index (χ1) is 12.8. The van der Waals surface area contributed by atoms with Crippen LogP contribution in [0.5, 0.6) is 0 Å². The maximum absolute atomic E-state index is 12.6. The van der Waals surface area contributed by atoms with Crippen LogP contribution >= 0.6 is 0 Å². The molecule has 138 valence electrons. The van der Waals surface area contributed by atoms with Crippen LogP contribution in [0.15, 0.2) is 41.4 Å². The molecule has 3 unspecified atom stereocenters. The van der Waals surface area contributed by atoms with Gasteiger partial charge in [0, 0.05) is 11.6 Å². The lowest BCUT2D eigenvalue weighted by molar-refractivity contribution is -0.163. The van der Waals surface area contributed by atoms with E-state index < -0.39 is 34.7 Å². The lowest BCUT2D eigenvalue weighted by atomic mass is 9.42. The molecule has 2 heterocycles. The predicted molar refractivity (Wildman–Crippen MR) is 101 cm³/mol. The van der Waals surface area contributed by atoms with Gasteiger partial charge >= 0.3 is 11.9 Å². The van der Waals surface area contributed by atoms with Gasteiger partial charge in [0.15, 0.2) is 0 Å². The minimum atomic E-state index is -1.23. The van der Waals surface area contributed by atoms with Crippen molar-refractivity contribution in [2.75, 3.05) is 0 Å². The number of aliphatic imine (C=N–C) groups is 1. The summed E-state index contributed by atoms with van der Waals surface area (Å²) in [5, 5.41) is 22.6. The molecule has 6 rings (SSSR count). The normalized spacial score (nSPS) is 36.2. The molecular formula is C22H21NO4. The fourth-order valence-corrected chi connectivity index (χ4v) is 6.42. The molecule has 2 aliphatic heterocycles. The monoisotopic (exact) mass is 363 g/mol. The minimum absolute atomic E-state index is 0.142. The van der Waals surface area contributed by atoms with Crippen molar-refractivity contribution < 1.29 is 19.8 Å². The van der Waals surface area contributed by atoms with Gasteiger partial charge in [-0.15, -0.1) is 0 Å². The Morgan fingerprint density at radius 1 is 1.15 bits per heavy atom. The van der Waals surface area contributed by atoms with E-state index in [1.165, 1.54) is 0 Å². The Bertz CT molecular complexity index is 1060. The van der Waals surface area contributed by atoms with Gasteiger partial charge in [-0.05, 0) is 54.5 Å². The quantitative estimate of drug-likeness (QED) is 0.855. The van der Waals surface area contributed by atoms with Gasteiger partial charge in [-0.2, -0.15) is 0 Å². The zero-order valence-corrected chi connectivity index (χ0v) is 15.3. The van der Waals surface area contributed by atoms with E-state index in [0.29, 0.717) is 18.6 Å². The third-order valence-electron chi connectivity index (χ3n) is 7.30. The van der Waals surface area contributed by atoms with E-state index in [-0.39, 0.29) is 5.92 Å². The second kappa shape index (κ2) is 4.97. The number of carboxylic acids is 2. The molecule has 0 saturated heterocycles. The number of aliphatic carboxylic acids is 2. The summed E-state index contributed by atoms with van der Waals surface area (Å²) < 4.78 is 0. The first-order valence-corrected chi connectivity index (χ1v) is 9.34. The Labute approximate surface area is 156 Å². The van der Waals surface area contributed by atoms with E-state index in [2.05, 4.69) is 11.1 Å². The van der Waals surface area contributed by atoms with Gasteiger partial charge in [0.25, 0.3) is 0 Å². The molecular weight excluding hydrogens is 342 g/mol. The van der Waals surface area contributed by atoms with E-state index in [4.69, 9.17) is 0 Å². The molecule has 5 nitrogen and oxygen atoms in total. The number of carbonyl (C=O) groups is 2. The van der Waals surface area contributed by atoms with Gasteiger partial charge in [-0.25, -0.2) is 0 Å². The Morgan fingerprint density at radius 3 is 2.59 bits per heavy atom. The third-order valence-corrected chi connectivity index (χ3v) is 7.30. The number of hydrogen-bond acceptors (Lipinski definition) is 3. The first-order valence-electron chi connectivity index (χ1n) is 9.34. The summed E-state index contributed by atoms with van der Waals surface area (Å²) in [6.07, 6.45) is 1.14. The molecule has 1 saturated carbocycles. The van der Waals surface area contributed by atoms with Gasteiger partial charge < -0.3 is 10.2 Å². The maximum Gasteiger partial charge on any atom is 0.316 e. The highest BCUT2D eigenvalue weighted by molar-refractivity contribution is 6.09. The summed E-state index contributed by atoms with van der Waals surface area (Å²) in [5.41, 5.74) is 0.583. The summed E-state index contributed by atoms with van der Waals surface area (Å²) in [6.45, 7) is 3.65. The van der Waals surface area contributed by atoms with Crippen molar-refractivity contribution in [1.82, 2.24) is 0 Å². The smallest absolute Gasteiger partial charge is 0.316 e. The van der Waals surface area contributed by atoms with E-state index in [0.717, 1.165) is 21.9 Å². The molecule has 0 aromatic heterocycles. The van der Waals surface area contributed by atoms with Crippen LogP contribution in [0.4, 0.5) is 0 Å². The standard InChI is InChI=1S/C22H21NO4/c1-11-22(20(26)27)13-9-16-14-6-4-3-5-12(14)7-8-15(16)17(22)18(19(24)25)21(2,10-13)23-11/h3-8,13,17-18H,9-10H2,1-2H3,(H,24,25)(H,26,27)/t13?,17?,18?,21-,22-/m0/s1. The summed E-state index contributed by atoms with van der Waals surface area (Å²) in [4.78, 5) is 29.6. The predicted octanol–water partition coefficient (Wildman–Crippen LogP) is 3.50. The molecule has 0 amide bonds. The summed E-state index contributed by atoms with van der Waals surface area (Å²) in [6, 6.07) is 12.0. The van der Waals surface area contributed by atoms with E-state index in [1.807, 2.05) is 37.3 Å². The lowest BCUT2D eigenvalue weighted by Gasteiger charge is -2.61.